The largest absolute Gasteiger partial charge is 0.371 e. The molecular weight excluding hydrogens is 547 g/mol. The molecule has 1 saturated heterocycles. The number of hydrogen-bond acceptors (Lipinski definition) is 6. The lowest BCUT2D eigenvalue weighted by molar-refractivity contribution is 0.0954. The fraction of sp³-hybridized carbons (Fsp3) is 0.414. The van der Waals surface area contributed by atoms with E-state index in [1.54, 1.807) is 6.20 Å². The van der Waals surface area contributed by atoms with Gasteiger partial charge >= 0.3 is 0 Å². The number of aromatic nitrogens is 4. The van der Waals surface area contributed by atoms with E-state index in [4.69, 9.17) is 28.2 Å². The molecule has 4 N–H and O–H groups in total. The molecule has 2 aromatic heterocycles. The van der Waals surface area contributed by atoms with Crippen molar-refractivity contribution < 1.29 is 4.79 Å². The van der Waals surface area contributed by atoms with Crippen molar-refractivity contribution in [3.63, 3.8) is 0 Å². The van der Waals surface area contributed by atoms with Crippen LogP contribution in [0.1, 0.15) is 54.7 Å². The molecule has 9 nitrogen and oxygen atoms in total. The molecule has 4 aromatic rings. The van der Waals surface area contributed by atoms with Gasteiger partial charge in [0.15, 0.2) is 0 Å². The number of halogens is 2. The van der Waals surface area contributed by atoms with Crippen LogP contribution in [0.3, 0.4) is 0 Å². The molecule has 0 unspecified atom stereocenters. The summed E-state index contributed by atoms with van der Waals surface area (Å²) in [4.78, 5) is 20.4. The quantitative estimate of drug-likeness (QED) is 0.182. The Kier molecular flexibility index (Phi) is 8.83. The highest BCUT2D eigenvalue weighted by Crippen LogP contribution is 2.37. The van der Waals surface area contributed by atoms with Crippen LogP contribution in [0.4, 0.5) is 17.3 Å². The summed E-state index contributed by atoms with van der Waals surface area (Å²) in [5, 5.41) is 17.7. The maximum absolute atomic E-state index is 13.2. The van der Waals surface area contributed by atoms with Crippen molar-refractivity contribution in [2.24, 2.45) is 13.0 Å². The minimum Gasteiger partial charge on any atom is -0.371 e. The van der Waals surface area contributed by atoms with Crippen molar-refractivity contribution >= 4 is 57.5 Å². The van der Waals surface area contributed by atoms with E-state index in [1.807, 2.05) is 42.8 Å². The first-order chi connectivity index (χ1) is 19.4. The number of amides is 1. The molecule has 212 valence electrons. The van der Waals surface area contributed by atoms with Gasteiger partial charge in [-0.2, -0.15) is 5.10 Å². The molecule has 5 rings (SSSR count). The van der Waals surface area contributed by atoms with E-state index in [0.717, 1.165) is 60.3 Å². The number of rotatable bonds is 10. The van der Waals surface area contributed by atoms with Crippen molar-refractivity contribution in [3.05, 3.63) is 63.4 Å². The highest BCUT2D eigenvalue weighted by atomic mass is 35.5. The van der Waals surface area contributed by atoms with Gasteiger partial charge in [-0.15, -0.1) is 0 Å². The van der Waals surface area contributed by atoms with Gasteiger partial charge in [-0.05, 0) is 55.0 Å². The van der Waals surface area contributed by atoms with Crippen molar-refractivity contribution in [3.8, 4) is 0 Å². The topological polar surface area (TPSA) is 103 Å². The van der Waals surface area contributed by atoms with E-state index in [0.29, 0.717) is 52.8 Å². The summed E-state index contributed by atoms with van der Waals surface area (Å²) in [6.45, 7) is 8.01. The Bertz CT molecular complexity index is 1480. The van der Waals surface area contributed by atoms with Crippen LogP contribution < -0.4 is 20.9 Å². The SMILES string of the molecule is CCCNC(=O)c1cc2nc(Nc3c(Cl)ccc(CNCc4ccn[nH]4)c3Cl)n(C)c2cc1N1CCC(C)CC1. The van der Waals surface area contributed by atoms with Crippen molar-refractivity contribution in [2.75, 3.05) is 29.9 Å². The molecule has 0 aliphatic carbocycles. The van der Waals surface area contributed by atoms with Crippen LogP contribution in [0.2, 0.25) is 10.0 Å². The van der Waals surface area contributed by atoms with E-state index in [-0.39, 0.29) is 5.91 Å². The number of fused-ring (bicyclic) bond motifs is 1. The summed E-state index contributed by atoms with van der Waals surface area (Å²) >= 11 is 13.4. The number of carbonyl (C=O) groups excluding carboxylic acids is 1. The van der Waals surface area contributed by atoms with Gasteiger partial charge in [-0.25, -0.2) is 4.98 Å². The minimum absolute atomic E-state index is 0.0704. The molecule has 1 aliphatic rings. The minimum atomic E-state index is -0.0704. The summed E-state index contributed by atoms with van der Waals surface area (Å²) in [7, 11) is 1.95. The normalized spacial score (nSPS) is 14.2. The van der Waals surface area contributed by atoms with Gasteiger partial charge in [0.2, 0.25) is 5.95 Å². The number of piperidine rings is 1. The molecule has 1 aliphatic heterocycles. The van der Waals surface area contributed by atoms with Gasteiger partial charge in [0.05, 0.1) is 38.0 Å². The zero-order chi connectivity index (χ0) is 28.2. The number of anilines is 3. The first kappa shape index (κ1) is 28.3. The number of H-pyrrole nitrogens is 1. The fourth-order valence-electron chi connectivity index (χ4n) is 5.04. The molecule has 0 saturated carbocycles. The first-order valence-electron chi connectivity index (χ1n) is 13.8. The van der Waals surface area contributed by atoms with Crippen LogP contribution in [-0.4, -0.2) is 45.3 Å². The van der Waals surface area contributed by atoms with E-state index < -0.39 is 0 Å². The standard InChI is InChI=1S/C29H36Cl2N8O/c1-4-10-33-28(40)21-14-23-25(15-24(21)39-12-8-18(2)9-13-39)38(3)29(35-23)36-27-22(30)6-5-19(26(27)31)16-32-17-20-7-11-34-37-20/h5-7,11,14-15,18,32H,4,8-10,12-13,16-17H2,1-3H3,(H,33,40)(H,34,37)(H,35,36). The van der Waals surface area contributed by atoms with Gasteiger partial charge in [0.25, 0.3) is 5.91 Å². The van der Waals surface area contributed by atoms with Crippen LogP contribution in [0.15, 0.2) is 36.5 Å². The van der Waals surface area contributed by atoms with Gasteiger partial charge in [0.1, 0.15) is 0 Å². The number of nitrogens with zero attached hydrogens (tertiary/aromatic N) is 4. The maximum atomic E-state index is 13.2. The number of aromatic amines is 1. The zero-order valence-electron chi connectivity index (χ0n) is 23.2. The molecule has 40 heavy (non-hydrogen) atoms. The number of carbonyl (C=O) groups is 1. The van der Waals surface area contributed by atoms with Crippen molar-refractivity contribution in [1.82, 2.24) is 30.4 Å². The predicted octanol–water partition coefficient (Wildman–Crippen LogP) is 6.01. The molecule has 1 amide bonds. The number of nitrogens with one attached hydrogen (secondary N) is 4. The van der Waals surface area contributed by atoms with Crippen LogP contribution in [-0.2, 0) is 20.1 Å². The van der Waals surface area contributed by atoms with E-state index in [9.17, 15) is 4.79 Å². The van der Waals surface area contributed by atoms with E-state index in [2.05, 4.69) is 44.0 Å². The molecular formula is C29H36Cl2N8O. The zero-order valence-corrected chi connectivity index (χ0v) is 24.7. The lowest BCUT2D eigenvalue weighted by Gasteiger charge is -2.33. The summed E-state index contributed by atoms with van der Waals surface area (Å²) in [6, 6.07) is 9.65. The van der Waals surface area contributed by atoms with Gasteiger partial charge in [0, 0.05) is 51.7 Å². The molecule has 0 radical (unpaired) electrons. The highest BCUT2D eigenvalue weighted by Gasteiger charge is 2.24. The summed E-state index contributed by atoms with van der Waals surface area (Å²) in [5.41, 5.74) is 5.74. The fourth-order valence-corrected chi connectivity index (χ4v) is 5.57. The predicted molar refractivity (Wildman–Crippen MR) is 163 cm³/mol. The summed E-state index contributed by atoms with van der Waals surface area (Å²) in [6.07, 6.45) is 4.82. The lowest BCUT2D eigenvalue weighted by atomic mass is 9.97. The third-order valence-electron chi connectivity index (χ3n) is 7.50. The monoisotopic (exact) mass is 582 g/mol. The van der Waals surface area contributed by atoms with Crippen molar-refractivity contribution in [1.29, 1.82) is 0 Å². The molecule has 3 heterocycles. The van der Waals surface area contributed by atoms with Crippen LogP contribution >= 0.6 is 23.2 Å². The number of imidazole rings is 1. The second kappa shape index (κ2) is 12.5. The molecule has 0 bridgehead atoms. The van der Waals surface area contributed by atoms with E-state index >= 15 is 0 Å². The second-order valence-corrected chi connectivity index (χ2v) is 11.3. The molecule has 0 atom stereocenters. The Morgan fingerprint density at radius 2 is 1.95 bits per heavy atom. The maximum Gasteiger partial charge on any atom is 0.253 e. The summed E-state index contributed by atoms with van der Waals surface area (Å²) in [5.74, 6) is 1.21. The third kappa shape index (κ3) is 6.06. The Morgan fingerprint density at radius 1 is 1.15 bits per heavy atom. The van der Waals surface area contributed by atoms with Crippen LogP contribution in [0, 0.1) is 5.92 Å². The molecule has 1 fully saturated rings. The molecule has 11 heteroatoms. The highest BCUT2D eigenvalue weighted by molar-refractivity contribution is 6.39. The Balaban J connectivity index is 1.45. The van der Waals surface area contributed by atoms with Crippen LogP contribution in [0.5, 0.6) is 0 Å². The van der Waals surface area contributed by atoms with E-state index in [1.165, 1.54) is 0 Å². The third-order valence-corrected chi connectivity index (χ3v) is 8.25. The van der Waals surface area contributed by atoms with Gasteiger partial charge in [-0.3, -0.25) is 9.89 Å². The van der Waals surface area contributed by atoms with Gasteiger partial charge < -0.3 is 25.4 Å². The van der Waals surface area contributed by atoms with Crippen LogP contribution in [0.25, 0.3) is 11.0 Å². The molecule has 0 spiro atoms. The second-order valence-electron chi connectivity index (χ2n) is 10.5. The summed E-state index contributed by atoms with van der Waals surface area (Å²) < 4.78 is 1.98. The number of aryl methyl sites for hydroxylation is 1. The Morgan fingerprint density at radius 3 is 2.67 bits per heavy atom. The average molecular weight is 584 g/mol. The number of benzene rings is 2. The first-order valence-corrected chi connectivity index (χ1v) is 14.6. The smallest absolute Gasteiger partial charge is 0.253 e. The van der Waals surface area contributed by atoms with Crippen molar-refractivity contribution in [2.45, 2.75) is 46.2 Å². The Hall–Kier alpha value is -3.27. The number of hydrogen-bond donors (Lipinski definition) is 4. The average Bonchev–Trinajstić information content (AvgIpc) is 3.58. The molecule has 2 aromatic carbocycles. The van der Waals surface area contributed by atoms with Gasteiger partial charge in [-0.1, -0.05) is 43.1 Å². The Labute approximate surface area is 244 Å². The lowest BCUT2D eigenvalue weighted by Crippen LogP contribution is -2.35.